The van der Waals surface area contributed by atoms with Crippen LogP contribution in [-0.2, 0) is 12.6 Å². The number of hydrogen-bond acceptors (Lipinski definition) is 5. The van der Waals surface area contributed by atoms with E-state index in [2.05, 4.69) is 15.3 Å². The van der Waals surface area contributed by atoms with E-state index in [9.17, 15) is 13.2 Å². The van der Waals surface area contributed by atoms with E-state index >= 15 is 0 Å². The third-order valence-electron chi connectivity index (χ3n) is 3.86. The van der Waals surface area contributed by atoms with Gasteiger partial charge in [-0.1, -0.05) is 18.2 Å². The van der Waals surface area contributed by atoms with E-state index in [0.29, 0.717) is 41.7 Å². The molecule has 0 unspecified atom stereocenters. The third-order valence-corrected chi connectivity index (χ3v) is 3.86. The molecule has 0 aliphatic heterocycles. The molecule has 0 aliphatic carbocycles. The van der Waals surface area contributed by atoms with E-state index in [1.54, 1.807) is 35.4 Å². The summed E-state index contributed by atoms with van der Waals surface area (Å²) in [7, 11) is 3.65. The van der Waals surface area contributed by atoms with Crippen LogP contribution in [0.2, 0.25) is 0 Å². The summed E-state index contributed by atoms with van der Waals surface area (Å²) in [5, 5.41) is 3.15. The van der Waals surface area contributed by atoms with Crippen LogP contribution in [0.25, 0.3) is 11.5 Å². The van der Waals surface area contributed by atoms with Crippen LogP contribution in [0.15, 0.2) is 53.1 Å². The molecule has 0 saturated heterocycles. The van der Waals surface area contributed by atoms with Crippen molar-refractivity contribution in [3.05, 3.63) is 59.9 Å². The van der Waals surface area contributed by atoms with Crippen molar-refractivity contribution in [3.63, 3.8) is 0 Å². The Kier molecular flexibility index (Phi) is 5.34. The molecule has 0 fully saturated rings. The van der Waals surface area contributed by atoms with Gasteiger partial charge in [0.2, 0.25) is 5.95 Å². The fourth-order valence-corrected chi connectivity index (χ4v) is 2.51. The second kappa shape index (κ2) is 7.69. The number of aromatic nitrogens is 2. The van der Waals surface area contributed by atoms with Crippen LogP contribution in [0.4, 0.5) is 24.9 Å². The van der Waals surface area contributed by atoms with Gasteiger partial charge in [-0.3, -0.25) is 0 Å². The Morgan fingerprint density at radius 3 is 2.56 bits per heavy atom. The molecule has 5 nitrogen and oxygen atoms in total. The average molecular weight is 376 g/mol. The minimum Gasteiger partial charge on any atom is -0.463 e. The third kappa shape index (κ3) is 4.78. The molecule has 27 heavy (non-hydrogen) atoms. The van der Waals surface area contributed by atoms with Gasteiger partial charge in [-0.05, 0) is 30.2 Å². The van der Waals surface area contributed by atoms with E-state index in [-0.39, 0.29) is 0 Å². The molecule has 3 aromatic rings. The lowest BCUT2D eigenvalue weighted by atomic mass is 10.1. The van der Waals surface area contributed by atoms with Gasteiger partial charge >= 0.3 is 6.18 Å². The molecule has 1 N–H and O–H groups in total. The Morgan fingerprint density at radius 1 is 1.07 bits per heavy atom. The highest BCUT2D eigenvalue weighted by Crippen LogP contribution is 2.29. The number of alkyl halides is 3. The van der Waals surface area contributed by atoms with Crippen molar-refractivity contribution >= 4 is 11.8 Å². The van der Waals surface area contributed by atoms with Gasteiger partial charge in [-0.25, -0.2) is 4.98 Å². The molecular weight excluding hydrogens is 357 g/mol. The monoisotopic (exact) mass is 376 g/mol. The predicted molar refractivity (Wildman–Crippen MR) is 97.7 cm³/mol. The van der Waals surface area contributed by atoms with Gasteiger partial charge in [0.25, 0.3) is 0 Å². The molecule has 0 bridgehead atoms. The van der Waals surface area contributed by atoms with Crippen molar-refractivity contribution in [1.82, 2.24) is 9.97 Å². The van der Waals surface area contributed by atoms with Gasteiger partial charge in [0.15, 0.2) is 5.76 Å². The number of halogens is 3. The van der Waals surface area contributed by atoms with Gasteiger partial charge in [0.05, 0.1) is 11.8 Å². The Bertz CT molecular complexity index is 892. The molecular formula is C19H19F3N4O. The molecule has 0 saturated carbocycles. The van der Waals surface area contributed by atoms with Crippen molar-refractivity contribution < 1.29 is 17.6 Å². The first-order chi connectivity index (χ1) is 12.8. The molecule has 8 heteroatoms. The highest BCUT2D eigenvalue weighted by atomic mass is 19.4. The van der Waals surface area contributed by atoms with E-state index in [1.807, 2.05) is 14.1 Å². The fourth-order valence-electron chi connectivity index (χ4n) is 2.51. The summed E-state index contributed by atoms with van der Waals surface area (Å²) in [6.07, 6.45) is -2.34. The summed E-state index contributed by atoms with van der Waals surface area (Å²) < 4.78 is 43.8. The normalized spacial score (nSPS) is 11.4. The molecule has 0 aliphatic rings. The van der Waals surface area contributed by atoms with Crippen molar-refractivity contribution in [3.8, 4) is 11.5 Å². The average Bonchev–Trinajstić information content (AvgIpc) is 3.16. The molecule has 3 rings (SSSR count). The van der Waals surface area contributed by atoms with Crippen LogP contribution in [0.5, 0.6) is 0 Å². The Balaban J connectivity index is 1.73. The SMILES string of the molecule is CN(C)c1nc(NCCc2cccc(C(F)(F)F)c2)cc(-c2ccco2)n1. The fraction of sp³-hybridized carbons (Fsp3) is 0.263. The zero-order valence-corrected chi connectivity index (χ0v) is 14.9. The summed E-state index contributed by atoms with van der Waals surface area (Å²) in [5.74, 6) is 1.69. The number of anilines is 2. The second-order valence-electron chi connectivity index (χ2n) is 6.19. The first-order valence-corrected chi connectivity index (χ1v) is 8.33. The van der Waals surface area contributed by atoms with Gasteiger partial charge < -0.3 is 14.6 Å². The number of benzene rings is 1. The molecule has 2 aromatic heterocycles. The van der Waals surface area contributed by atoms with Crippen molar-refractivity contribution in [2.24, 2.45) is 0 Å². The molecule has 0 atom stereocenters. The lowest BCUT2D eigenvalue weighted by Gasteiger charge is -2.14. The van der Waals surface area contributed by atoms with Crippen molar-refractivity contribution in [2.45, 2.75) is 12.6 Å². The maximum absolute atomic E-state index is 12.8. The van der Waals surface area contributed by atoms with E-state index in [0.717, 1.165) is 6.07 Å². The maximum atomic E-state index is 12.8. The Labute approximate surface area is 154 Å². The molecule has 0 spiro atoms. The standard InChI is InChI=1S/C19H19F3N4O/c1-26(2)18-24-15(16-7-4-10-27-16)12-17(25-18)23-9-8-13-5-3-6-14(11-13)19(20,21)22/h3-7,10-12H,8-9H2,1-2H3,(H,23,24,25). The summed E-state index contributed by atoms with van der Waals surface area (Å²) in [6, 6.07) is 10.7. The van der Waals surface area contributed by atoms with E-state index in [4.69, 9.17) is 4.42 Å². The largest absolute Gasteiger partial charge is 0.463 e. The summed E-state index contributed by atoms with van der Waals surface area (Å²) >= 11 is 0. The Hall–Kier alpha value is -3.03. The number of nitrogens with zero attached hydrogens (tertiary/aromatic N) is 3. The van der Waals surface area contributed by atoms with Crippen LogP contribution in [0.1, 0.15) is 11.1 Å². The molecule has 0 amide bonds. The van der Waals surface area contributed by atoms with Gasteiger partial charge in [0, 0.05) is 26.7 Å². The molecule has 2 heterocycles. The second-order valence-corrected chi connectivity index (χ2v) is 6.19. The molecule has 0 radical (unpaired) electrons. The predicted octanol–water partition coefficient (Wildman–Crippen LogP) is 4.48. The lowest BCUT2D eigenvalue weighted by molar-refractivity contribution is -0.137. The number of rotatable bonds is 6. The van der Waals surface area contributed by atoms with Crippen molar-refractivity contribution in [1.29, 1.82) is 0 Å². The van der Waals surface area contributed by atoms with Gasteiger partial charge in [0.1, 0.15) is 11.5 Å². The number of hydrogen-bond donors (Lipinski definition) is 1. The summed E-state index contributed by atoms with van der Waals surface area (Å²) in [5.41, 5.74) is 0.586. The lowest BCUT2D eigenvalue weighted by Crippen LogP contribution is -2.15. The Morgan fingerprint density at radius 2 is 1.89 bits per heavy atom. The zero-order chi connectivity index (χ0) is 19.4. The van der Waals surface area contributed by atoms with E-state index < -0.39 is 11.7 Å². The summed E-state index contributed by atoms with van der Waals surface area (Å²) in [6.45, 7) is 0.433. The highest BCUT2D eigenvalue weighted by Gasteiger charge is 2.30. The first-order valence-electron chi connectivity index (χ1n) is 8.33. The quantitative estimate of drug-likeness (QED) is 0.688. The molecule has 142 valence electrons. The topological polar surface area (TPSA) is 54.2 Å². The summed E-state index contributed by atoms with van der Waals surface area (Å²) in [4.78, 5) is 10.6. The van der Waals surface area contributed by atoms with Gasteiger partial charge in [-0.2, -0.15) is 18.2 Å². The smallest absolute Gasteiger partial charge is 0.416 e. The van der Waals surface area contributed by atoms with Gasteiger partial charge in [-0.15, -0.1) is 0 Å². The minimum absolute atomic E-state index is 0.432. The van der Waals surface area contributed by atoms with E-state index in [1.165, 1.54) is 12.1 Å². The molecule has 1 aromatic carbocycles. The van der Waals surface area contributed by atoms with Crippen LogP contribution in [0.3, 0.4) is 0 Å². The minimum atomic E-state index is -4.34. The zero-order valence-electron chi connectivity index (χ0n) is 14.9. The first kappa shape index (κ1) is 18.8. The van der Waals surface area contributed by atoms with Crippen LogP contribution < -0.4 is 10.2 Å². The highest BCUT2D eigenvalue weighted by molar-refractivity contribution is 5.59. The van der Waals surface area contributed by atoms with Crippen molar-refractivity contribution in [2.75, 3.05) is 30.9 Å². The number of furan rings is 1. The van der Waals surface area contributed by atoms with Crippen LogP contribution >= 0.6 is 0 Å². The number of nitrogens with one attached hydrogen (secondary N) is 1. The van der Waals surface area contributed by atoms with Crippen LogP contribution in [0, 0.1) is 0 Å². The maximum Gasteiger partial charge on any atom is 0.416 e. The van der Waals surface area contributed by atoms with Crippen LogP contribution in [-0.4, -0.2) is 30.6 Å².